The van der Waals surface area contributed by atoms with Crippen LogP contribution in [0.15, 0.2) is 97.2 Å². The Morgan fingerprint density at radius 3 is 0.750 bits per heavy atom. The molecule has 0 saturated heterocycles. The summed E-state index contributed by atoms with van der Waals surface area (Å²) in [5.41, 5.74) is 0. The van der Waals surface area contributed by atoms with Crippen LogP contribution in [0.1, 0.15) is 12.8 Å². The van der Waals surface area contributed by atoms with Crippen LogP contribution >= 0.6 is 0 Å². The molecule has 0 nitrogen and oxygen atoms in total. The summed E-state index contributed by atoms with van der Waals surface area (Å²) in [4.78, 5) is 0. The molecule has 0 atom stereocenters. The molecule has 2 fully saturated rings. The predicted molar refractivity (Wildman–Crippen MR) is 115 cm³/mol. The predicted octanol–water partition coefficient (Wildman–Crippen LogP) is 6.04. The van der Waals surface area contributed by atoms with E-state index in [0.717, 1.165) is 12.8 Å². The van der Waals surface area contributed by atoms with Gasteiger partial charge in [-0.3, -0.25) is 0 Å². The molecule has 2 saturated carbocycles. The first-order valence-electron chi connectivity index (χ1n) is 10.0. The van der Waals surface area contributed by atoms with Gasteiger partial charge in [-0.05, 0) is 24.7 Å². The molecular weight excluding hydrogens is 336 g/mol. The fourth-order valence-corrected chi connectivity index (χ4v) is 5.00. The van der Waals surface area contributed by atoms with Crippen LogP contribution in [0.5, 0.6) is 0 Å². The summed E-state index contributed by atoms with van der Waals surface area (Å²) in [5.74, 6) is 14.1. The van der Waals surface area contributed by atoms with E-state index in [-0.39, 0.29) is 0 Å². The molecule has 6 aliphatic rings. The molecular formula is C28H20. The van der Waals surface area contributed by atoms with Crippen LogP contribution in [0, 0.1) is 59.2 Å². The molecule has 0 aromatic rings. The van der Waals surface area contributed by atoms with Crippen LogP contribution < -0.4 is 0 Å². The number of hydrogen-bond donors (Lipinski definition) is 0. The highest BCUT2D eigenvalue weighted by atomic mass is 14.5. The van der Waals surface area contributed by atoms with E-state index in [2.05, 4.69) is 97.2 Å². The minimum absolute atomic E-state index is 1.06. The number of hydrogen-bond acceptors (Lipinski definition) is 0. The maximum Gasteiger partial charge on any atom is 0.0209 e. The van der Waals surface area contributed by atoms with Gasteiger partial charge in [-0.2, -0.15) is 0 Å². The largest absolute Gasteiger partial charge is 0.0758 e. The van der Waals surface area contributed by atoms with Crippen LogP contribution in [0.25, 0.3) is 0 Å². The van der Waals surface area contributed by atoms with Gasteiger partial charge in [0.2, 0.25) is 0 Å². The summed E-state index contributed by atoms with van der Waals surface area (Å²) in [6.45, 7) is 0. The van der Waals surface area contributed by atoms with Crippen LogP contribution in [0.2, 0.25) is 0 Å². The highest BCUT2D eigenvalue weighted by molar-refractivity contribution is 5.78. The number of allylic oxidation sites excluding steroid dienone is 16. The van der Waals surface area contributed by atoms with Gasteiger partial charge in [0.25, 0.3) is 0 Å². The van der Waals surface area contributed by atoms with Gasteiger partial charge in [0, 0.05) is 47.3 Å². The quantitative estimate of drug-likeness (QED) is 0.578. The van der Waals surface area contributed by atoms with Gasteiger partial charge in [0.15, 0.2) is 0 Å². The molecule has 28 heavy (non-hydrogen) atoms. The van der Waals surface area contributed by atoms with Crippen LogP contribution in [0.4, 0.5) is 0 Å². The Labute approximate surface area is 169 Å². The smallest absolute Gasteiger partial charge is 0.0209 e. The average molecular weight is 356 g/mol. The van der Waals surface area contributed by atoms with E-state index in [9.17, 15) is 0 Å². The van der Waals surface area contributed by atoms with Crippen LogP contribution in [-0.4, -0.2) is 0 Å². The fraction of sp³-hybridized carbons (Fsp3) is 0.0714. The Balaban J connectivity index is 1.25. The highest BCUT2D eigenvalue weighted by Gasteiger charge is 2.52. The highest BCUT2D eigenvalue weighted by Crippen LogP contribution is 2.62. The molecule has 10 radical (unpaired) electrons. The molecule has 0 aromatic carbocycles. The molecule has 0 bridgehead atoms. The van der Waals surface area contributed by atoms with Gasteiger partial charge >= 0.3 is 0 Å². The van der Waals surface area contributed by atoms with Crippen molar-refractivity contribution in [3.05, 3.63) is 156 Å². The van der Waals surface area contributed by atoms with Crippen molar-refractivity contribution in [3.8, 4) is 0 Å². The van der Waals surface area contributed by atoms with Crippen molar-refractivity contribution in [3.63, 3.8) is 0 Å². The third-order valence-electron chi connectivity index (χ3n) is 6.21. The SMILES string of the molecule is C1=C[C]2[C]3C=CC=C[C]3[C](CC[C]3[C]4C=CC=C[C]4[C]4C=CC=C[C]43)[C]2C=C1. The lowest BCUT2D eigenvalue weighted by atomic mass is 9.75. The van der Waals surface area contributed by atoms with E-state index in [1.807, 2.05) is 0 Å². The van der Waals surface area contributed by atoms with Crippen LogP contribution in [-0.2, 0) is 0 Å². The summed E-state index contributed by atoms with van der Waals surface area (Å²) in [6, 6.07) is 0. The lowest BCUT2D eigenvalue weighted by molar-refractivity contribution is 0.761. The molecule has 6 rings (SSSR count). The van der Waals surface area contributed by atoms with Gasteiger partial charge in [0.1, 0.15) is 0 Å². The van der Waals surface area contributed by atoms with Crippen molar-refractivity contribution in [2.24, 2.45) is 0 Å². The molecule has 0 heterocycles. The number of rotatable bonds is 3. The van der Waals surface area contributed by atoms with Crippen LogP contribution in [0.3, 0.4) is 0 Å². The third kappa shape index (κ3) is 2.50. The molecule has 0 aliphatic heterocycles. The van der Waals surface area contributed by atoms with Gasteiger partial charge in [-0.1, -0.05) is 97.2 Å². The van der Waals surface area contributed by atoms with Gasteiger partial charge in [-0.25, -0.2) is 0 Å². The first kappa shape index (κ1) is 16.8. The molecule has 0 amide bonds. The van der Waals surface area contributed by atoms with E-state index in [4.69, 9.17) is 0 Å². The Morgan fingerprint density at radius 2 is 0.500 bits per heavy atom. The Hall–Kier alpha value is -2.08. The molecule has 0 aromatic heterocycles. The van der Waals surface area contributed by atoms with E-state index < -0.39 is 0 Å². The average Bonchev–Trinajstić information content (AvgIpc) is 3.26. The monoisotopic (exact) mass is 356 g/mol. The summed E-state index contributed by atoms with van der Waals surface area (Å²) in [6.07, 6.45) is 37.5. The first-order chi connectivity index (χ1) is 13.9. The Morgan fingerprint density at radius 1 is 0.286 bits per heavy atom. The maximum absolute atomic E-state index is 2.28. The Bertz CT molecular complexity index is 716. The second-order valence-electron chi connectivity index (χ2n) is 7.64. The van der Waals surface area contributed by atoms with Crippen molar-refractivity contribution < 1.29 is 0 Å². The number of fused-ring (bicyclic) bond motifs is 6. The summed E-state index contributed by atoms with van der Waals surface area (Å²) in [5, 5.41) is 0. The molecule has 0 spiro atoms. The van der Waals surface area contributed by atoms with Gasteiger partial charge < -0.3 is 0 Å². The summed E-state index contributed by atoms with van der Waals surface area (Å²) >= 11 is 0. The van der Waals surface area contributed by atoms with Gasteiger partial charge in [-0.15, -0.1) is 0 Å². The summed E-state index contributed by atoms with van der Waals surface area (Å²) in [7, 11) is 0. The zero-order valence-electron chi connectivity index (χ0n) is 15.7. The lowest BCUT2D eigenvalue weighted by Gasteiger charge is -2.27. The lowest BCUT2D eigenvalue weighted by Crippen LogP contribution is -2.15. The van der Waals surface area contributed by atoms with Crippen molar-refractivity contribution >= 4 is 0 Å². The Kier molecular flexibility index (Phi) is 4.07. The van der Waals surface area contributed by atoms with E-state index in [1.54, 1.807) is 0 Å². The second kappa shape index (κ2) is 6.76. The minimum atomic E-state index is 1.06. The van der Waals surface area contributed by atoms with E-state index in [1.165, 1.54) is 59.2 Å². The third-order valence-corrected chi connectivity index (χ3v) is 6.21. The first-order valence-corrected chi connectivity index (χ1v) is 10.0. The molecule has 0 N–H and O–H groups in total. The molecule has 6 aliphatic carbocycles. The zero-order chi connectivity index (χ0) is 18.5. The molecule has 0 heteroatoms. The maximum atomic E-state index is 2.28. The van der Waals surface area contributed by atoms with E-state index >= 15 is 0 Å². The van der Waals surface area contributed by atoms with Gasteiger partial charge in [0.05, 0.1) is 0 Å². The van der Waals surface area contributed by atoms with Crippen molar-refractivity contribution in [1.29, 1.82) is 0 Å². The zero-order valence-corrected chi connectivity index (χ0v) is 15.7. The fourth-order valence-electron chi connectivity index (χ4n) is 5.00. The van der Waals surface area contributed by atoms with Crippen molar-refractivity contribution in [2.45, 2.75) is 12.8 Å². The molecule has 0 unspecified atom stereocenters. The molecule has 132 valence electrons. The normalized spacial score (nSPS) is 29.3. The standard InChI is InChI=1S/C28H20/c1-5-13-23-19(9-1)20-10-2-6-14-24(20)27(23)17-18-28-25-15-7-3-11-21(25)22-12-4-8-16-26(22)28/h1-16H,17-18H2. The minimum Gasteiger partial charge on any atom is -0.0758 e. The second-order valence-corrected chi connectivity index (χ2v) is 7.64. The van der Waals surface area contributed by atoms with Crippen molar-refractivity contribution in [2.75, 3.05) is 0 Å². The topological polar surface area (TPSA) is 0 Å². The summed E-state index contributed by atoms with van der Waals surface area (Å²) < 4.78 is 0. The van der Waals surface area contributed by atoms with Crippen molar-refractivity contribution in [1.82, 2.24) is 0 Å². The van der Waals surface area contributed by atoms with E-state index in [0.29, 0.717) is 0 Å².